The highest BCUT2D eigenvalue weighted by Crippen LogP contribution is 2.15. The first-order chi connectivity index (χ1) is 11.0. The van der Waals surface area contributed by atoms with Crippen LogP contribution in [0.15, 0.2) is 0 Å². The molecule has 10 heteroatoms. The molecule has 0 rings (SSSR count). The molecule has 0 aliphatic heterocycles. The van der Waals surface area contributed by atoms with Gasteiger partial charge in [0, 0.05) is 6.42 Å². The molecule has 0 unspecified atom stereocenters. The highest BCUT2D eigenvalue weighted by atomic mass is 16.4. The van der Waals surface area contributed by atoms with Crippen LogP contribution in [0.2, 0.25) is 0 Å². The molecule has 0 aliphatic carbocycles. The van der Waals surface area contributed by atoms with E-state index in [0.717, 1.165) is 12.8 Å². The SMILES string of the molecule is CCCCCCCCC(=O)O.N.O=C(O)CC(O)(CC(=O)O)C(=O)O. The lowest BCUT2D eigenvalue weighted by molar-refractivity contribution is -0.170. The normalized spacial score (nSPS) is 10.0. The Labute approximate surface area is 146 Å². The molecule has 0 atom stereocenters. The number of hydrogen-bond donors (Lipinski definition) is 6. The molecule has 8 N–H and O–H groups in total. The van der Waals surface area contributed by atoms with E-state index in [9.17, 15) is 19.2 Å². The van der Waals surface area contributed by atoms with Crippen molar-refractivity contribution >= 4 is 23.9 Å². The van der Waals surface area contributed by atoms with Crippen LogP contribution in [-0.2, 0) is 19.2 Å². The number of hydrogen-bond acceptors (Lipinski definition) is 6. The minimum absolute atomic E-state index is 0. The zero-order valence-corrected chi connectivity index (χ0v) is 14.4. The van der Waals surface area contributed by atoms with Gasteiger partial charge in [0.05, 0.1) is 12.8 Å². The predicted octanol–water partition coefficient (Wildman–Crippen LogP) is 1.74. The lowest BCUT2D eigenvalue weighted by Crippen LogP contribution is -2.42. The van der Waals surface area contributed by atoms with E-state index in [-0.39, 0.29) is 6.15 Å². The van der Waals surface area contributed by atoms with Gasteiger partial charge in [-0.05, 0) is 6.42 Å². The van der Waals surface area contributed by atoms with Crippen molar-refractivity contribution in [2.75, 3.05) is 0 Å². The fraction of sp³-hybridized carbons (Fsp3) is 0.733. The molecule has 0 aromatic carbocycles. The van der Waals surface area contributed by atoms with E-state index in [1.807, 2.05) is 0 Å². The first-order valence-electron chi connectivity index (χ1n) is 7.66. The van der Waals surface area contributed by atoms with E-state index in [0.29, 0.717) is 6.42 Å². The molecular formula is C15H29NO9. The first-order valence-corrected chi connectivity index (χ1v) is 7.66. The van der Waals surface area contributed by atoms with Crippen LogP contribution in [0, 0.1) is 0 Å². The summed E-state index contributed by atoms with van der Waals surface area (Å²) in [5, 5.41) is 42.1. The summed E-state index contributed by atoms with van der Waals surface area (Å²) in [6, 6.07) is 0. The maximum Gasteiger partial charge on any atom is 0.336 e. The third-order valence-electron chi connectivity index (χ3n) is 3.03. The van der Waals surface area contributed by atoms with Gasteiger partial charge < -0.3 is 31.7 Å². The van der Waals surface area contributed by atoms with Gasteiger partial charge in [-0.15, -0.1) is 0 Å². The van der Waals surface area contributed by atoms with Crippen molar-refractivity contribution in [3.8, 4) is 0 Å². The van der Waals surface area contributed by atoms with Gasteiger partial charge in [0.15, 0.2) is 5.60 Å². The molecule has 0 radical (unpaired) electrons. The van der Waals surface area contributed by atoms with Crippen molar-refractivity contribution in [2.24, 2.45) is 0 Å². The van der Waals surface area contributed by atoms with Crippen LogP contribution in [0.3, 0.4) is 0 Å². The average Bonchev–Trinajstić information content (AvgIpc) is 2.41. The number of rotatable bonds is 12. The number of carboxylic acids is 4. The van der Waals surface area contributed by atoms with Crippen molar-refractivity contribution in [1.29, 1.82) is 0 Å². The molecule has 148 valence electrons. The van der Waals surface area contributed by atoms with Crippen molar-refractivity contribution < 1.29 is 44.7 Å². The van der Waals surface area contributed by atoms with Crippen molar-refractivity contribution in [3.63, 3.8) is 0 Å². The topological polar surface area (TPSA) is 204 Å². The summed E-state index contributed by atoms with van der Waals surface area (Å²) < 4.78 is 0. The molecular weight excluding hydrogens is 338 g/mol. The summed E-state index contributed by atoms with van der Waals surface area (Å²) in [6.45, 7) is 2.18. The fourth-order valence-electron chi connectivity index (χ4n) is 1.77. The molecule has 0 saturated carbocycles. The van der Waals surface area contributed by atoms with Crippen molar-refractivity contribution in [1.82, 2.24) is 6.15 Å². The molecule has 0 amide bonds. The molecule has 0 fully saturated rings. The predicted molar refractivity (Wildman–Crippen MR) is 87.7 cm³/mol. The second kappa shape index (κ2) is 15.3. The third-order valence-corrected chi connectivity index (χ3v) is 3.03. The Morgan fingerprint density at radius 3 is 1.44 bits per heavy atom. The number of carboxylic acid groups (broad SMARTS) is 4. The Balaban J connectivity index is -0.000000377. The van der Waals surface area contributed by atoms with Gasteiger partial charge in [0.25, 0.3) is 0 Å². The number of aliphatic carboxylic acids is 4. The van der Waals surface area contributed by atoms with Crippen molar-refractivity contribution in [2.45, 2.75) is 70.3 Å². The number of aliphatic hydroxyl groups is 1. The summed E-state index contributed by atoms with van der Waals surface area (Å²) in [4.78, 5) is 40.6. The number of carbonyl (C=O) groups is 4. The Morgan fingerprint density at radius 1 is 0.720 bits per heavy atom. The van der Waals surface area contributed by atoms with Gasteiger partial charge in [-0.3, -0.25) is 14.4 Å². The highest BCUT2D eigenvalue weighted by molar-refractivity contribution is 5.88. The van der Waals surface area contributed by atoms with Crippen LogP contribution in [0.25, 0.3) is 0 Å². The molecule has 0 aliphatic rings. The summed E-state index contributed by atoms with van der Waals surface area (Å²) in [5.74, 6) is -5.69. The molecule has 10 nitrogen and oxygen atoms in total. The lowest BCUT2D eigenvalue weighted by Gasteiger charge is -2.18. The van der Waals surface area contributed by atoms with Gasteiger partial charge in [-0.25, -0.2) is 4.79 Å². The van der Waals surface area contributed by atoms with Gasteiger partial charge in [0.2, 0.25) is 0 Å². The summed E-state index contributed by atoms with van der Waals surface area (Å²) in [6.07, 6.45) is 4.96. The summed E-state index contributed by atoms with van der Waals surface area (Å²) >= 11 is 0. The second-order valence-electron chi connectivity index (χ2n) is 5.39. The van der Waals surface area contributed by atoms with Crippen LogP contribution in [-0.4, -0.2) is 55.0 Å². The lowest BCUT2D eigenvalue weighted by atomic mass is 9.96. The van der Waals surface area contributed by atoms with Gasteiger partial charge in [-0.2, -0.15) is 0 Å². The maximum absolute atomic E-state index is 10.3. The highest BCUT2D eigenvalue weighted by Gasteiger charge is 2.40. The minimum Gasteiger partial charge on any atom is -0.481 e. The zero-order valence-electron chi connectivity index (χ0n) is 14.4. The number of unbranched alkanes of at least 4 members (excludes halogenated alkanes) is 5. The van der Waals surface area contributed by atoms with Crippen LogP contribution in [0.4, 0.5) is 0 Å². The average molecular weight is 367 g/mol. The zero-order chi connectivity index (χ0) is 19.2. The smallest absolute Gasteiger partial charge is 0.336 e. The molecule has 0 aromatic rings. The van der Waals surface area contributed by atoms with Crippen LogP contribution in [0.1, 0.15) is 64.7 Å². The molecule has 0 spiro atoms. The molecule has 0 bridgehead atoms. The summed E-state index contributed by atoms with van der Waals surface area (Å²) in [7, 11) is 0. The van der Waals surface area contributed by atoms with E-state index in [2.05, 4.69) is 6.92 Å². The fourth-order valence-corrected chi connectivity index (χ4v) is 1.77. The maximum atomic E-state index is 10.3. The quantitative estimate of drug-likeness (QED) is 0.275. The van der Waals surface area contributed by atoms with E-state index in [1.54, 1.807) is 0 Å². The van der Waals surface area contributed by atoms with Gasteiger partial charge >= 0.3 is 23.9 Å². The Hall–Kier alpha value is -2.20. The van der Waals surface area contributed by atoms with Gasteiger partial charge in [0.1, 0.15) is 0 Å². The Bertz CT molecular complexity index is 407. The minimum atomic E-state index is -2.74. The third kappa shape index (κ3) is 18.0. The van der Waals surface area contributed by atoms with Crippen LogP contribution >= 0.6 is 0 Å². The van der Waals surface area contributed by atoms with E-state index in [1.165, 1.54) is 25.7 Å². The monoisotopic (exact) mass is 367 g/mol. The second-order valence-corrected chi connectivity index (χ2v) is 5.39. The van der Waals surface area contributed by atoms with Crippen molar-refractivity contribution in [3.05, 3.63) is 0 Å². The van der Waals surface area contributed by atoms with Crippen LogP contribution < -0.4 is 6.15 Å². The Morgan fingerprint density at radius 2 is 1.12 bits per heavy atom. The first kappa shape index (κ1) is 27.6. The van der Waals surface area contributed by atoms with E-state index >= 15 is 0 Å². The standard InChI is InChI=1S/C9H18O2.C6H8O7.H3N/c1-2-3-4-5-6-7-8-9(10)11;7-3(8)1-6(13,5(11)12)2-4(9)10;/h2-8H2,1H3,(H,10,11);13H,1-2H2,(H,7,8)(H,9,10)(H,11,12);1H3. The molecule has 0 aromatic heterocycles. The van der Waals surface area contributed by atoms with Crippen LogP contribution in [0.5, 0.6) is 0 Å². The Kier molecular flexibility index (Phi) is 17.0. The van der Waals surface area contributed by atoms with E-state index < -0.39 is 42.3 Å². The van der Waals surface area contributed by atoms with Gasteiger partial charge in [-0.1, -0.05) is 39.0 Å². The molecule has 0 saturated heterocycles. The molecule has 25 heavy (non-hydrogen) atoms. The largest absolute Gasteiger partial charge is 0.481 e. The van der Waals surface area contributed by atoms with E-state index in [4.69, 9.17) is 25.5 Å². The molecule has 0 heterocycles. The summed E-state index contributed by atoms with van der Waals surface area (Å²) in [5.41, 5.74) is -2.74.